The fourth-order valence-corrected chi connectivity index (χ4v) is 2.79. The van der Waals surface area contributed by atoms with Crippen molar-refractivity contribution in [2.24, 2.45) is 10.7 Å². The fourth-order valence-electron chi connectivity index (χ4n) is 2.79. The minimum absolute atomic E-state index is 0.0687. The fraction of sp³-hybridized carbons (Fsp3) is 0.130. The Morgan fingerprint density at radius 1 is 1.10 bits per heavy atom. The quantitative estimate of drug-likeness (QED) is 0.446. The van der Waals surface area contributed by atoms with Crippen LogP contribution in [0, 0.1) is 11.3 Å². The number of aliphatic imine (C=N–C) groups is 1. The second kappa shape index (κ2) is 9.34. The van der Waals surface area contributed by atoms with Crippen molar-refractivity contribution in [1.82, 2.24) is 10.3 Å². The molecule has 0 saturated carbocycles. The van der Waals surface area contributed by atoms with Gasteiger partial charge in [-0.1, -0.05) is 24.3 Å². The summed E-state index contributed by atoms with van der Waals surface area (Å²) in [5.74, 6) is 0.440. The summed E-state index contributed by atoms with van der Waals surface area (Å²) >= 11 is 0. The third-order valence-corrected chi connectivity index (χ3v) is 4.17. The van der Waals surface area contributed by atoms with Gasteiger partial charge >= 0.3 is 0 Å². The summed E-state index contributed by atoms with van der Waals surface area (Å²) in [5, 5.41) is 14.9. The number of amides is 1. The normalized spacial score (nSPS) is 11.1. The molecule has 1 heterocycles. The molecule has 0 bridgehead atoms. The monoisotopic (exact) mass is 398 g/mol. The van der Waals surface area contributed by atoms with Crippen LogP contribution in [-0.2, 0) is 0 Å². The van der Waals surface area contributed by atoms with E-state index in [9.17, 15) is 4.79 Å². The SMILES string of the molecule is CC(C)NC(=O)c1cccc(-c2ccc(N=C(N)Nc3ccccc3C#N)nc2)c1. The highest BCUT2D eigenvalue weighted by atomic mass is 16.1. The van der Waals surface area contributed by atoms with E-state index in [-0.39, 0.29) is 17.9 Å². The van der Waals surface area contributed by atoms with Crippen LogP contribution in [0.1, 0.15) is 29.8 Å². The second-order valence-electron chi connectivity index (χ2n) is 6.89. The van der Waals surface area contributed by atoms with Gasteiger partial charge < -0.3 is 16.4 Å². The summed E-state index contributed by atoms with van der Waals surface area (Å²) in [7, 11) is 0. The number of carbonyl (C=O) groups excluding carboxylic acids is 1. The van der Waals surface area contributed by atoms with E-state index in [1.807, 2.05) is 38.1 Å². The molecule has 1 amide bonds. The maximum Gasteiger partial charge on any atom is 0.251 e. The Bertz CT molecular complexity index is 1110. The number of carbonyl (C=O) groups is 1. The molecule has 1 aromatic heterocycles. The number of pyridine rings is 1. The lowest BCUT2D eigenvalue weighted by atomic mass is 10.0. The van der Waals surface area contributed by atoms with Crippen LogP contribution in [0.2, 0.25) is 0 Å². The summed E-state index contributed by atoms with van der Waals surface area (Å²) in [6, 6.07) is 20.1. The van der Waals surface area contributed by atoms with E-state index in [0.717, 1.165) is 11.1 Å². The number of hydrogen-bond donors (Lipinski definition) is 3. The maximum absolute atomic E-state index is 12.2. The van der Waals surface area contributed by atoms with E-state index < -0.39 is 0 Å². The topological polar surface area (TPSA) is 116 Å². The average molecular weight is 398 g/mol. The highest BCUT2D eigenvalue weighted by molar-refractivity contribution is 5.96. The largest absolute Gasteiger partial charge is 0.369 e. The van der Waals surface area contributed by atoms with Crippen LogP contribution < -0.4 is 16.4 Å². The van der Waals surface area contributed by atoms with Crippen LogP contribution in [-0.4, -0.2) is 22.9 Å². The summed E-state index contributed by atoms with van der Waals surface area (Å²) in [6.45, 7) is 3.84. The number of aromatic nitrogens is 1. The molecule has 3 rings (SSSR count). The number of guanidine groups is 1. The summed E-state index contributed by atoms with van der Waals surface area (Å²) in [6.07, 6.45) is 1.68. The molecule has 3 aromatic rings. The molecule has 0 aliphatic carbocycles. The Labute approximate surface area is 175 Å². The van der Waals surface area contributed by atoms with E-state index >= 15 is 0 Å². The molecular weight excluding hydrogens is 376 g/mol. The molecule has 30 heavy (non-hydrogen) atoms. The van der Waals surface area contributed by atoms with Gasteiger partial charge in [0.2, 0.25) is 0 Å². The zero-order chi connectivity index (χ0) is 21.5. The predicted molar refractivity (Wildman–Crippen MR) is 118 cm³/mol. The van der Waals surface area contributed by atoms with E-state index in [4.69, 9.17) is 11.0 Å². The third kappa shape index (κ3) is 5.20. The molecule has 7 nitrogen and oxygen atoms in total. The molecular formula is C23H22N6O. The number of anilines is 1. The number of nitriles is 1. The minimum atomic E-state index is -0.113. The van der Waals surface area contributed by atoms with E-state index in [2.05, 4.69) is 26.7 Å². The molecule has 0 fully saturated rings. The number of nitrogens with two attached hydrogens (primary N) is 1. The lowest BCUT2D eigenvalue weighted by molar-refractivity contribution is 0.0943. The average Bonchev–Trinajstić information content (AvgIpc) is 2.74. The van der Waals surface area contributed by atoms with Gasteiger partial charge in [-0.3, -0.25) is 4.79 Å². The number of nitrogens with one attached hydrogen (secondary N) is 2. The summed E-state index contributed by atoms with van der Waals surface area (Å²) in [4.78, 5) is 20.8. The first-order valence-corrected chi connectivity index (χ1v) is 9.44. The van der Waals surface area contributed by atoms with Crippen molar-refractivity contribution >= 4 is 23.4 Å². The Hall–Kier alpha value is -4.18. The molecule has 0 atom stereocenters. The first kappa shape index (κ1) is 20.6. The van der Waals surface area contributed by atoms with Crippen LogP contribution in [0.4, 0.5) is 11.5 Å². The molecule has 0 radical (unpaired) electrons. The number of rotatable bonds is 5. The second-order valence-corrected chi connectivity index (χ2v) is 6.89. The highest BCUT2D eigenvalue weighted by Gasteiger charge is 2.09. The van der Waals surface area contributed by atoms with Gasteiger partial charge in [0.05, 0.1) is 11.3 Å². The maximum atomic E-state index is 12.2. The number of nitrogens with zero attached hydrogens (tertiary/aromatic N) is 3. The van der Waals surface area contributed by atoms with Crippen molar-refractivity contribution in [1.29, 1.82) is 5.26 Å². The number of hydrogen-bond acceptors (Lipinski definition) is 4. The molecule has 0 aliphatic rings. The molecule has 0 spiro atoms. The molecule has 0 aliphatic heterocycles. The van der Waals surface area contributed by atoms with Crippen molar-refractivity contribution in [3.8, 4) is 17.2 Å². The summed E-state index contributed by atoms with van der Waals surface area (Å²) in [5.41, 5.74) is 9.32. The van der Waals surface area contributed by atoms with Crippen molar-refractivity contribution in [2.75, 3.05) is 5.32 Å². The molecule has 2 aromatic carbocycles. The van der Waals surface area contributed by atoms with Gasteiger partial charge in [-0.15, -0.1) is 0 Å². The molecule has 150 valence electrons. The van der Waals surface area contributed by atoms with Gasteiger partial charge in [-0.25, -0.2) is 4.98 Å². The standard InChI is InChI=1S/C23H22N6O/c1-15(2)27-22(30)17-8-5-7-16(12-17)19-10-11-21(26-14-19)29-23(25)28-20-9-4-3-6-18(20)13-24/h3-12,14-15H,1-2H3,(H,27,30)(H3,25,26,28,29). The minimum Gasteiger partial charge on any atom is -0.369 e. The van der Waals surface area contributed by atoms with Gasteiger partial charge in [-0.2, -0.15) is 10.3 Å². The van der Waals surface area contributed by atoms with Gasteiger partial charge in [0.25, 0.3) is 5.91 Å². The first-order chi connectivity index (χ1) is 14.5. The molecule has 7 heteroatoms. The van der Waals surface area contributed by atoms with Crippen LogP contribution in [0.3, 0.4) is 0 Å². The number of para-hydroxylation sites is 1. The zero-order valence-electron chi connectivity index (χ0n) is 16.8. The third-order valence-electron chi connectivity index (χ3n) is 4.17. The van der Waals surface area contributed by atoms with Crippen molar-refractivity contribution in [3.63, 3.8) is 0 Å². The van der Waals surface area contributed by atoms with Crippen LogP contribution in [0.5, 0.6) is 0 Å². The van der Waals surface area contributed by atoms with Crippen molar-refractivity contribution in [3.05, 3.63) is 78.0 Å². The highest BCUT2D eigenvalue weighted by Crippen LogP contribution is 2.22. The van der Waals surface area contributed by atoms with E-state index in [1.165, 1.54) is 0 Å². The molecule has 0 saturated heterocycles. The van der Waals surface area contributed by atoms with E-state index in [1.54, 1.807) is 42.6 Å². The Balaban J connectivity index is 1.76. The lowest BCUT2D eigenvalue weighted by Crippen LogP contribution is -2.30. The van der Waals surface area contributed by atoms with Gasteiger partial charge in [0.15, 0.2) is 11.8 Å². The van der Waals surface area contributed by atoms with Crippen LogP contribution in [0.25, 0.3) is 11.1 Å². The van der Waals surface area contributed by atoms with Gasteiger partial charge in [0.1, 0.15) is 6.07 Å². The van der Waals surface area contributed by atoms with Crippen LogP contribution in [0.15, 0.2) is 71.9 Å². The van der Waals surface area contributed by atoms with Crippen molar-refractivity contribution in [2.45, 2.75) is 19.9 Å². The predicted octanol–water partition coefficient (Wildman–Crippen LogP) is 3.82. The first-order valence-electron chi connectivity index (χ1n) is 9.44. The Morgan fingerprint density at radius 3 is 2.60 bits per heavy atom. The van der Waals surface area contributed by atoms with Gasteiger partial charge in [-0.05, 0) is 55.8 Å². The number of benzene rings is 2. The van der Waals surface area contributed by atoms with E-state index in [0.29, 0.717) is 22.6 Å². The van der Waals surface area contributed by atoms with Crippen LogP contribution >= 0.6 is 0 Å². The smallest absolute Gasteiger partial charge is 0.251 e. The lowest BCUT2D eigenvalue weighted by Gasteiger charge is -2.10. The molecule has 0 unspecified atom stereocenters. The van der Waals surface area contributed by atoms with Gasteiger partial charge in [0, 0.05) is 23.4 Å². The Kier molecular flexibility index (Phi) is 6.40. The molecule has 4 N–H and O–H groups in total. The summed E-state index contributed by atoms with van der Waals surface area (Å²) < 4.78 is 0. The van der Waals surface area contributed by atoms with Crippen molar-refractivity contribution < 1.29 is 4.79 Å². The zero-order valence-corrected chi connectivity index (χ0v) is 16.8. The Morgan fingerprint density at radius 2 is 1.90 bits per heavy atom.